The Kier molecular flexibility index (Phi) is 7.58. The van der Waals surface area contributed by atoms with E-state index in [1.807, 2.05) is 0 Å². The molecule has 0 saturated carbocycles. The fraction of sp³-hybridized carbons (Fsp3) is 0.250. The molecule has 1 rings (SSSR count). The fourth-order valence-corrected chi connectivity index (χ4v) is 1.02. The average Bonchev–Trinajstić information content (AvgIpc) is 2.09. The maximum absolute atomic E-state index is 9.25. The third-order valence-electron chi connectivity index (χ3n) is 1.68. The maximum atomic E-state index is 9.25. The normalized spacial score (nSPS) is 8.71. The van der Waals surface area contributed by atoms with Crippen molar-refractivity contribution >= 4 is 24.8 Å². The first-order valence-corrected chi connectivity index (χ1v) is 3.63. The van der Waals surface area contributed by atoms with Gasteiger partial charge in [-0.15, -0.1) is 24.8 Å². The molecule has 1 aromatic rings. The van der Waals surface area contributed by atoms with E-state index in [9.17, 15) is 10.2 Å². The highest BCUT2D eigenvalue weighted by molar-refractivity contribution is 5.85. The Labute approximate surface area is 94.7 Å². The molecule has 0 amide bonds. The fourth-order valence-electron chi connectivity index (χ4n) is 1.02. The van der Waals surface area contributed by atoms with Crippen LogP contribution in [0.25, 0.3) is 0 Å². The smallest absolute Gasteiger partial charge is 0.161 e. The summed E-state index contributed by atoms with van der Waals surface area (Å²) in [6.45, 7) is 0.508. The van der Waals surface area contributed by atoms with Gasteiger partial charge in [0.15, 0.2) is 11.5 Å². The third-order valence-corrected chi connectivity index (χ3v) is 1.68. The molecule has 0 aliphatic rings. The average molecular weight is 241 g/mol. The molecule has 0 aliphatic heterocycles. The van der Waals surface area contributed by atoms with Crippen LogP contribution >= 0.6 is 24.8 Å². The van der Waals surface area contributed by atoms with Crippen molar-refractivity contribution in [2.45, 2.75) is 13.1 Å². The van der Waals surface area contributed by atoms with Gasteiger partial charge in [0, 0.05) is 18.7 Å². The molecule has 6 heteroatoms. The van der Waals surface area contributed by atoms with Crippen molar-refractivity contribution in [1.82, 2.24) is 0 Å². The van der Waals surface area contributed by atoms with Gasteiger partial charge >= 0.3 is 0 Å². The molecule has 0 aromatic heterocycles. The third kappa shape index (κ3) is 3.23. The van der Waals surface area contributed by atoms with Gasteiger partial charge in [0.1, 0.15) is 0 Å². The van der Waals surface area contributed by atoms with E-state index >= 15 is 0 Å². The standard InChI is InChI=1S/C8H12N2O2.2ClH/c9-3-5-1-6(4-10)8(12)7(11)2-5;;/h1-2,11-12H,3-4,9-10H2;2*1H. The van der Waals surface area contributed by atoms with Gasteiger partial charge in [0.25, 0.3) is 0 Å². The Morgan fingerprint density at radius 1 is 1.00 bits per heavy atom. The molecule has 0 heterocycles. The van der Waals surface area contributed by atoms with E-state index in [4.69, 9.17) is 11.5 Å². The Balaban J connectivity index is 0. The molecule has 0 radical (unpaired) electrons. The highest BCUT2D eigenvalue weighted by atomic mass is 35.5. The number of hydrogen-bond acceptors (Lipinski definition) is 4. The van der Waals surface area contributed by atoms with Crippen molar-refractivity contribution in [3.63, 3.8) is 0 Å². The summed E-state index contributed by atoms with van der Waals surface area (Å²) >= 11 is 0. The first-order chi connectivity index (χ1) is 5.69. The summed E-state index contributed by atoms with van der Waals surface area (Å²) in [5, 5.41) is 18.4. The summed E-state index contributed by atoms with van der Waals surface area (Å²) in [5.74, 6) is -0.326. The molecule has 0 aliphatic carbocycles. The minimum atomic E-state index is -0.168. The molecule has 82 valence electrons. The highest BCUT2D eigenvalue weighted by Crippen LogP contribution is 2.29. The molecule has 0 bridgehead atoms. The Morgan fingerprint density at radius 2 is 1.57 bits per heavy atom. The van der Waals surface area contributed by atoms with Crippen molar-refractivity contribution in [3.05, 3.63) is 23.3 Å². The number of phenols is 2. The van der Waals surface area contributed by atoms with Gasteiger partial charge in [-0.2, -0.15) is 0 Å². The highest BCUT2D eigenvalue weighted by Gasteiger charge is 2.06. The van der Waals surface area contributed by atoms with Crippen LogP contribution < -0.4 is 11.5 Å². The van der Waals surface area contributed by atoms with Gasteiger partial charge in [0.05, 0.1) is 0 Å². The number of nitrogens with two attached hydrogens (primary N) is 2. The zero-order valence-corrected chi connectivity index (χ0v) is 9.07. The van der Waals surface area contributed by atoms with Crippen molar-refractivity contribution < 1.29 is 10.2 Å². The number of phenolic OH excluding ortho intramolecular Hbond substituents is 2. The number of rotatable bonds is 2. The zero-order chi connectivity index (χ0) is 9.14. The molecular weight excluding hydrogens is 227 g/mol. The summed E-state index contributed by atoms with van der Waals surface area (Å²) in [7, 11) is 0. The van der Waals surface area contributed by atoms with Crippen LogP contribution in [0.3, 0.4) is 0 Å². The SMILES string of the molecule is Cl.Cl.NCc1cc(O)c(O)c(CN)c1. The largest absolute Gasteiger partial charge is 0.504 e. The van der Waals surface area contributed by atoms with E-state index in [1.165, 1.54) is 6.07 Å². The lowest BCUT2D eigenvalue weighted by Gasteiger charge is -2.06. The summed E-state index contributed by atoms with van der Waals surface area (Å²) in [6.07, 6.45) is 0. The Morgan fingerprint density at radius 3 is 2.00 bits per heavy atom. The Hall–Kier alpha value is -0.680. The molecule has 0 unspecified atom stereocenters. The molecule has 0 atom stereocenters. The van der Waals surface area contributed by atoms with E-state index in [1.54, 1.807) is 6.07 Å². The van der Waals surface area contributed by atoms with E-state index in [2.05, 4.69) is 0 Å². The van der Waals surface area contributed by atoms with Gasteiger partial charge in [-0.1, -0.05) is 0 Å². The molecule has 14 heavy (non-hydrogen) atoms. The van der Waals surface area contributed by atoms with Crippen LogP contribution in [0, 0.1) is 0 Å². The topological polar surface area (TPSA) is 92.5 Å². The number of hydrogen-bond donors (Lipinski definition) is 4. The van der Waals surface area contributed by atoms with Crippen LogP contribution in [0.1, 0.15) is 11.1 Å². The van der Waals surface area contributed by atoms with Crippen LogP contribution in [0.5, 0.6) is 11.5 Å². The minimum absolute atomic E-state index is 0. The lowest BCUT2D eigenvalue weighted by molar-refractivity contribution is 0.399. The molecule has 0 fully saturated rings. The first kappa shape index (κ1) is 15.8. The van der Waals surface area contributed by atoms with Crippen LogP contribution in [0.15, 0.2) is 12.1 Å². The van der Waals surface area contributed by atoms with Gasteiger partial charge in [-0.25, -0.2) is 0 Å². The van der Waals surface area contributed by atoms with Crippen molar-refractivity contribution in [1.29, 1.82) is 0 Å². The van der Waals surface area contributed by atoms with Crippen LogP contribution in [-0.4, -0.2) is 10.2 Å². The second-order valence-corrected chi connectivity index (χ2v) is 2.53. The van der Waals surface area contributed by atoms with Crippen molar-refractivity contribution in [2.75, 3.05) is 0 Å². The van der Waals surface area contributed by atoms with Crippen molar-refractivity contribution in [3.8, 4) is 11.5 Å². The Bertz CT molecular complexity index is 295. The predicted molar refractivity (Wildman–Crippen MR) is 60.1 cm³/mol. The van der Waals surface area contributed by atoms with Crippen LogP contribution in [0.4, 0.5) is 0 Å². The number of aromatic hydroxyl groups is 2. The van der Waals surface area contributed by atoms with Crippen LogP contribution in [0.2, 0.25) is 0 Å². The molecule has 1 aromatic carbocycles. The van der Waals surface area contributed by atoms with E-state index in [0.29, 0.717) is 12.1 Å². The summed E-state index contributed by atoms with van der Waals surface area (Å²) in [6, 6.07) is 3.10. The van der Waals surface area contributed by atoms with Crippen LogP contribution in [-0.2, 0) is 13.1 Å². The number of benzene rings is 1. The second-order valence-electron chi connectivity index (χ2n) is 2.53. The summed E-state index contributed by atoms with van der Waals surface area (Å²) < 4.78 is 0. The monoisotopic (exact) mass is 240 g/mol. The van der Waals surface area contributed by atoms with E-state index < -0.39 is 0 Å². The summed E-state index contributed by atoms with van der Waals surface area (Å²) in [5.41, 5.74) is 12.0. The second kappa shape index (κ2) is 6.73. The predicted octanol–water partition coefficient (Wildman–Crippen LogP) is 0.859. The zero-order valence-electron chi connectivity index (χ0n) is 7.43. The van der Waals surface area contributed by atoms with E-state index in [-0.39, 0.29) is 42.9 Å². The molecule has 0 spiro atoms. The number of halogens is 2. The van der Waals surface area contributed by atoms with Gasteiger partial charge in [-0.3, -0.25) is 0 Å². The lowest BCUT2D eigenvalue weighted by Crippen LogP contribution is -2.01. The van der Waals surface area contributed by atoms with Gasteiger partial charge < -0.3 is 21.7 Å². The van der Waals surface area contributed by atoms with Gasteiger partial charge in [-0.05, 0) is 17.7 Å². The lowest BCUT2D eigenvalue weighted by atomic mass is 10.1. The molecule has 6 N–H and O–H groups in total. The van der Waals surface area contributed by atoms with E-state index in [0.717, 1.165) is 5.56 Å². The molecule has 4 nitrogen and oxygen atoms in total. The summed E-state index contributed by atoms with van der Waals surface area (Å²) in [4.78, 5) is 0. The minimum Gasteiger partial charge on any atom is -0.504 e. The molecular formula is C8H14Cl2N2O2. The first-order valence-electron chi connectivity index (χ1n) is 3.63. The quantitative estimate of drug-likeness (QED) is 0.578. The molecule has 0 saturated heterocycles. The van der Waals surface area contributed by atoms with Gasteiger partial charge in [0.2, 0.25) is 0 Å². The van der Waals surface area contributed by atoms with Crippen molar-refractivity contribution in [2.24, 2.45) is 11.5 Å². The maximum Gasteiger partial charge on any atom is 0.161 e.